The number of rotatable bonds is 10. The van der Waals surface area contributed by atoms with Gasteiger partial charge in [-0.3, -0.25) is 0 Å². The Morgan fingerprint density at radius 1 is 0.727 bits per heavy atom. The van der Waals surface area contributed by atoms with E-state index in [4.69, 9.17) is 19.6 Å². The molecule has 0 aromatic carbocycles. The van der Waals surface area contributed by atoms with E-state index in [0.717, 1.165) is 12.8 Å². The standard InChI is InChI=1S/C18H34O4/c1-9-17(7,21-19-13-15(3)4)11-12-18(8,10-2)22-20-14-16(5)6/h15-16H,9-10,13-14H2,1-8H3. The van der Waals surface area contributed by atoms with Gasteiger partial charge in [0.1, 0.15) is 0 Å². The molecule has 0 aliphatic rings. The maximum absolute atomic E-state index is 5.50. The molecule has 4 heteroatoms. The topological polar surface area (TPSA) is 36.9 Å². The smallest absolute Gasteiger partial charge is 0.160 e. The summed E-state index contributed by atoms with van der Waals surface area (Å²) in [5.74, 6) is 7.13. The number of hydrogen-bond donors (Lipinski definition) is 0. The van der Waals surface area contributed by atoms with Crippen molar-refractivity contribution in [1.82, 2.24) is 0 Å². The van der Waals surface area contributed by atoms with E-state index in [1.54, 1.807) is 0 Å². The molecule has 0 aliphatic heterocycles. The van der Waals surface area contributed by atoms with Crippen LogP contribution in [-0.2, 0) is 19.6 Å². The molecular weight excluding hydrogens is 280 g/mol. The normalized spacial score (nSPS) is 17.0. The Labute approximate surface area is 136 Å². The van der Waals surface area contributed by atoms with E-state index in [1.165, 1.54) is 0 Å². The van der Waals surface area contributed by atoms with E-state index in [9.17, 15) is 0 Å². The zero-order valence-electron chi connectivity index (χ0n) is 15.6. The summed E-state index contributed by atoms with van der Waals surface area (Å²) in [6.07, 6.45) is 1.45. The van der Waals surface area contributed by atoms with Crippen LogP contribution in [0.1, 0.15) is 68.2 Å². The summed E-state index contributed by atoms with van der Waals surface area (Å²) >= 11 is 0. The second-order valence-electron chi connectivity index (χ2n) is 6.94. The second kappa shape index (κ2) is 10.2. The minimum atomic E-state index is -0.646. The molecule has 0 aliphatic carbocycles. The molecule has 130 valence electrons. The van der Waals surface area contributed by atoms with Crippen LogP contribution in [-0.4, -0.2) is 24.4 Å². The Morgan fingerprint density at radius 2 is 1.05 bits per heavy atom. The van der Waals surface area contributed by atoms with Crippen molar-refractivity contribution < 1.29 is 19.6 Å². The summed E-state index contributed by atoms with van der Waals surface area (Å²) < 4.78 is 0. The van der Waals surface area contributed by atoms with Gasteiger partial charge in [-0.2, -0.15) is 0 Å². The average Bonchev–Trinajstić information content (AvgIpc) is 2.44. The van der Waals surface area contributed by atoms with Crippen LogP contribution in [0.5, 0.6) is 0 Å². The lowest BCUT2D eigenvalue weighted by Crippen LogP contribution is -2.31. The molecule has 0 amide bonds. The van der Waals surface area contributed by atoms with Gasteiger partial charge in [-0.1, -0.05) is 53.4 Å². The molecule has 0 heterocycles. The Morgan fingerprint density at radius 3 is 1.27 bits per heavy atom. The molecule has 0 fully saturated rings. The first-order valence-electron chi connectivity index (χ1n) is 8.32. The van der Waals surface area contributed by atoms with Gasteiger partial charge >= 0.3 is 0 Å². The van der Waals surface area contributed by atoms with Crippen LogP contribution in [0.2, 0.25) is 0 Å². The summed E-state index contributed by atoms with van der Waals surface area (Å²) in [6, 6.07) is 0. The van der Waals surface area contributed by atoms with Crippen molar-refractivity contribution in [3.05, 3.63) is 0 Å². The average molecular weight is 314 g/mol. The van der Waals surface area contributed by atoms with Gasteiger partial charge in [-0.05, 0) is 38.5 Å². The summed E-state index contributed by atoms with van der Waals surface area (Å²) in [5, 5.41) is 0. The lowest BCUT2D eigenvalue weighted by Gasteiger charge is -2.24. The number of hydrogen-bond acceptors (Lipinski definition) is 4. The maximum atomic E-state index is 5.50. The lowest BCUT2D eigenvalue weighted by molar-refractivity contribution is -0.349. The van der Waals surface area contributed by atoms with Crippen molar-refractivity contribution in [1.29, 1.82) is 0 Å². The second-order valence-corrected chi connectivity index (χ2v) is 6.94. The Bertz CT molecular complexity index is 324. The molecule has 0 aromatic rings. The van der Waals surface area contributed by atoms with Gasteiger partial charge in [0.25, 0.3) is 0 Å². The van der Waals surface area contributed by atoms with Crippen LogP contribution in [0.3, 0.4) is 0 Å². The van der Waals surface area contributed by atoms with Gasteiger partial charge in [0.15, 0.2) is 11.2 Å². The summed E-state index contributed by atoms with van der Waals surface area (Å²) in [5.41, 5.74) is -1.29. The molecule has 2 atom stereocenters. The lowest BCUT2D eigenvalue weighted by atomic mass is 9.99. The van der Waals surface area contributed by atoms with Crippen molar-refractivity contribution in [2.75, 3.05) is 13.2 Å². The van der Waals surface area contributed by atoms with E-state index in [-0.39, 0.29) is 0 Å². The van der Waals surface area contributed by atoms with Crippen molar-refractivity contribution in [2.45, 2.75) is 79.4 Å². The quantitative estimate of drug-likeness (QED) is 0.337. The molecule has 0 aromatic heterocycles. The zero-order chi connectivity index (χ0) is 17.2. The van der Waals surface area contributed by atoms with E-state index < -0.39 is 11.2 Å². The fourth-order valence-corrected chi connectivity index (χ4v) is 1.20. The van der Waals surface area contributed by atoms with Gasteiger partial charge in [0, 0.05) is 0 Å². The van der Waals surface area contributed by atoms with Gasteiger partial charge in [0.2, 0.25) is 0 Å². The highest BCUT2D eigenvalue weighted by Gasteiger charge is 2.26. The first kappa shape index (κ1) is 21.4. The fourth-order valence-electron chi connectivity index (χ4n) is 1.20. The SMILES string of the molecule is CCC(C)(C#CC(C)(CC)OOCC(C)C)OOCC(C)C. The zero-order valence-corrected chi connectivity index (χ0v) is 15.6. The first-order chi connectivity index (χ1) is 10.2. The molecule has 0 bridgehead atoms. The highest BCUT2D eigenvalue weighted by Crippen LogP contribution is 2.19. The van der Waals surface area contributed by atoms with Crippen LogP contribution in [0.4, 0.5) is 0 Å². The third-order valence-corrected chi connectivity index (χ3v) is 3.23. The summed E-state index contributed by atoms with van der Waals surface area (Å²) in [7, 11) is 0. The largest absolute Gasteiger partial charge is 0.235 e. The van der Waals surface area contributed by atoms with Gasteiger partial charge in [0.05, 0.1) is 13.2 Å². The van der Waals surface area contributed by atoms with E-state index >= 15 is 0 Å². The van der Waals surface area contributed by atoms with Crippen molar-refractivity contribution in [2.24, 2.45) is 11.8 Å². The highest BCUT2D eigenvalue weighted by molar-refractivity contribution is 5.19. The molecule has 4 nitrogen and oxygen atoms in total. The monoisotopic (exact) mass is 314 g/mol. The summed E-state index contributed by atoms with van der Waals surface area (Å²) in [4.78, 5) is 21.6. The molecule has 0 N–H and O–H groups in total. The third kappa shape index (κ3) is 9.42. The molecule has 2 unspecified atom stereocenters. The van der Waals surface area contributed by atoms with Crippen LogP contribution in [0.15, 0.2) is 0 Å². The molecule has 0 rings (SSSR count). The molecule has 0 spiro atoms. The first-order valence-corrected chi connectivity index (χ1v) is 8.32. The Balaban J connectivity index is 4.70. The van der Waals surface area contributed by atoms with Crippen LogP contribution < -0.4 is 0 Å². The summed E-state index contributed by atoms with van der Waals surface area (Å²) in [6.45, 7) is 17.3. The van der Waals surface area contributed by atoms with E-state index in [2.05, 4.69) is 39.5 Å². The van der Waals surface area contributed by atoms with Crippen molar-refractivity contribution in [3.8, 4) is 11.8 Å². The molecular formula is C18H34O4. The Kier molecular flexibility index (Phi) is 9.95. The van der Waals surface area contributed by atoms with E-state index in [0.29, 0.717) is 25.0 Å². The van der Waals surface area contributed by atoms with Crippen LogP contribution >= 0.6 is 0 Å². The van der Waals surface area contributed by atoms with E-state index in [1.807, 2.05) is 27.7 Å². The molecule has 0 radical (unpaired) electrons. The van der Waals surface area contributed by atoms with Crippen molar-refractivity contribution >= 4 is 0 Å². The third-order valence-electron chi connectivity index (χ3n) is 3.23. The predicted molar refractivity (Wildman–Crippen MR) is 88.9 cm³/mol. The van der Waals surface area contributed by atoms with Gasteiger partial charge in [-0.15, -0.1) is 0 Å². The minimum Gasteiger partial charge on any atom is -0.235 e. The highest BCUT2D eigenvalue weighted by atomic mass is 17.2. The maximum Gasteiger partial charge on any atom is 0.160 e. The molecule has 22 heavy (non-hydrogen) atoms. The predicted octanol–water partition coefficient (Wildman–Crippen LogP) is 4.54. The van der Waals surface area contributed by atoms with Gasteiger partial charge in [-0.25, -0.2) is 19.6 Å². The van der Waals surface area contributed by atoms with Gasteiger partial charge < -0.3 is 0 Å². The minimum absolute atomic E-state index is 0.419. The molecule has 0 saturated heterocycles. The fraction of sp³-hybridized carbons (Fsp3) is 0.889. The Hall–Kier alpha value is -0.600. The van der Waals surface area contributed by atoms with Crippen LogP contribution in [0.25, 0.3) is 0 Å². The van der Waals surface area contributed by atoms with Crippen molar-refractivity contribution in [3.63, 3.8) is 0 Å². The van der Waals surface area contributed by atoms with Crippen LogP contribution in [0, 0.1) is 23.7 Å². The molecule has 0 saturated carbocycles.